The zero-order valence-electron chi connectivity index (χ0n) is 15.1. The summed E-state index contributed by atoms with van der Waals surface area (Å²) in [6.45, 7) is 13.6. The summed E-state index contributed by atoms with van der Waals surface area (Å²) in [4.78, 5) is 11.7. The molecule has 2 aliphatic heterocycles. The average Bonchev–Trinajstić information content (AvgIpc) is 3.01. The van der Waals surface area contributed by atoms with Gasteiger partial charge in [0.15, 0.2) is 0 Å². The summed E-state index contributed by atoms with van der Waals surface area (Å²) < 4.78 is 6.16. The molecule has 3 heterocycles. The Bertz CT molecular complexity index is 564. The van der Waals surface area contributed by atoms with Crippen LogP contribution in [0.1, 0.15) is 58.3 Å². The normalized spacial score (nSPS) is 26.0. The minimum Gasteiger partial charge on any atom is -0.368 e. The molecule has 0 radical (unpaired) electrons. The van der Waals surface area contributed by atoms with Crippen LogP contribution in [-0.2, 0) is 11.3 Å². The molecule has 0 amide bonds. The van der Waals surface area contributed by atoms with Gasteiger partial charge in [-0.2, -0.15) is 0 Å². The molecule has 1 atom stereocenters. The first-order chi connectivity index (χ1) is 10.8. The standard InChI is InChI=1S/C18H30N4O/c1-13-10-14(21-16(20-13)22-8-6-7-9-22)12-19-15-11-17(2,3)23-18(15,4)5/h10,15,19H,6-9,11-12H2,1-5H3/t15-/m1/s1. The highest BCUT2D eigenvalue weighted by molar-refractivity contribution is 5.33. The number of nitrogens with zero attached hydrogens (tertiary/aromatic N) is 3. The van der Waals surface area contributed by atoms with E-state index in [1.165, 1.54) is 12.8 Å². The van der Waals surface area contributed by atoms with Gasteiger partial charge in [0.2, 0.25) is 5.95 Å². The van der Waals surface area contributed by atoms with Crippen molar-refractivity contribution in [3.05, 3.63) is 17.5 Å². The van der Waals surface area contributed by atoms with E-state index in [9.17, 15) is 0 Å². The summed E-state index contributed by atoms with van der Waals surface area (Å²) in [7, 11) is 0. The lowest BCUT2D eigenvalue weighted by atomic mass is 9.94. The van der Waals surface area contributed by atoms with Crippen molar-refractivity contribution in [2.45, 2.75) is 77.7 Å². The van der Waals surface area contributed by atoms with E-state index in [0.29, 0.717) is 6.04 Å². The van der Waals surface area contributed by atoms with Crippen molar-refractivity contribution in [1.29, 1.82) is 0 Å². The molecule has 2 fully saturated rings. The van der Waals surface area contributed by atoms with E-state index in [1.807, 2.05) is 0 Å². The number of aromatic nitrogens is 2. The topological polar surface area (TPSA) is 50.3 Å². The largest absolute Gasteiger partial charge is 0.368 e. The molecule has 0 spiro atoms. The highest BCUT2D eigenvalue weighted by atomic mass is 16.5. The Morgan fingerprint density at radius 1 is 1.22 bits per heavy atom. The van der Waals surface area contributed by atoms with Gasteiger partial charge >= 0.3 is 0 Å². The first kappa shape index (κ1) is 16.7. The quantitative estimate of drug-likeness (QED) is 0.925. The predicted octanol–water partition coefficient (Wildman–Crippen LogP) is 2.82. The first-order valence-electron chi connectivity index (χ1n) is 8.78. The first-order valence-corrected chi connectivity index (χ1v) is 8.78. The van der Waals surface area contributed by atoms with E-state index in [2.05, 4.69) is 55.9 Å². The maximum atomic E-state index is 6.16. The van der Waals surface area contributed by atoms with Crippen LogP contribution in [0.2, 0.25) is 0 Å². The number of ether oxygens (including phenoxy) is 1. The van der Waals surface area contributed by atoms with Crippen LogP contribution in [0.3, 0.4) is 0 Å². The second-order valence-electron chi connectivity index (χ2n) is 8.10. The Kier molecular flexibility index (Phi) is 4.36. The molecule has 128 valence electrons. The second kappa shape index (κ2) is 6.02. The fourth-order valence-corrected chi connectivity index (χ4v) is 3.87. The van der Waals surface area contributed by atoms with Gasteiger partial charge in [-0.05, 0) is 59.9 Å². The summed E-state index contributed by atoms with van der Waals surface area (Å²) in [6, 6.07) is 2.42. The molecular formula is C18H30N4O. The lowest BCUT2D eigenvalue weighted by molar-refractivity contribution is -0.0699. The molecule has 0 aromatic carbocycles. The molecule has 2 saturated heterocycles. The molecule has 0 unspecified atom stereocenters. The van der Waals surface area contributed by atoms with Crippen LogP contribution in [0, 0.1) is 6.92 Å². The lowest BCUT2D eigenvalue weighted by Crippen LogP contribution is -2.43. The van der Waals surface area contributed by atoms with Crippen molar-refractivity contribution in [1.82, 2.24) is 15.3 Å². The van der Waals surface area contributed by atoms with Crippen LogP contribution in [-0.4, -0.2) is 40.3 Å². The van der Waals surface area contributed by atoms with Gasteiger partial charge in [0, 0.05) is 31.4 Å². The van der Waals surface area contributed by atoms with Crippen LogP contribution >= 0.6 is 0 Å². The van der Waals surface area contributed by atoms with E-state index >= 15 is 0 Å². The number of hydrogen-bond donors (Lipinski definition) is 1. The summed E-state index contributed by atoms with van der Waals surface area (Å²) in [5.74, 6) is 0.890. The van der Waals surface area contributed by atoms with Gasteiger partial charge in [-0.25, -0.2) is 9.97 Å². The average molecular weight is 318 g/mol. The predicted molar refractivity (Wildman–Crippen MR) is 92.7 cm³/mol. The highest BCUT2D eigenvalue weighted by Gasteiger charge is 2.45. The molecular weight excluding hydrogens is 288 g/mol. The zero-order chi connectivity index (χ0) is 16.7. The van der Waals surface area contributed by atoms with Crippen LogP contribution in [0.25, 0.3) is 0 Å². The maximum Gasteiger partial charge on any atom is 0.225 e. The smallest absolute Gasteiger partial charge is 0.225 e. The van der Waals surface area contributed by atoms with Crippen molar-refractivity contribution in [2.75, 3.05) is 18.0 Å². The highest BCUT2D eigenvalue weighted by Crippen LogP contribution is 2.37. The Morgan fingerprint density at radius 2 is 1.91 bits per heavy atom. The molecule has 0 aliphatic carbocycles. The van der Waals surface area contributed by atoms with Gasteiger partial charge in [-0.1, -0.05) is 0 Å². The summed E-state index contributed by atoms with van der Waals surface area (Å²) in [5.41, 5.74) is 1.90. The Morgan fingerprint density at radius 3 is 2.52 bits per heavy atom. The van der Waals surface area contributed by atoms with Crippen molar-refractivity contribution in [3.63, 3.8) is 0 Å². The molecule has 1 N–H and O–H groups in total. The Hall–Kier alpha value is -1.20. The van der Waals surface area contributed by atoms with Crippen LogP contribution in [0.4, 0.5) is 5.95 Å². The van der Waals surface area contributed by atoms with Gasteiger partial charge < -0.3 is 15.0 Å². The molecule has 1 aromatic rings. The summed E-state index contributed by atoms with van der Waals surface area (Å²) in [5, 5.41) is 3.66. The minimum atomic E-state index is -0.149. The van der Waals surface area contributed by atoms with Crippen LogP contribution in [0.5, 0.6) is 0 Å². The summed E-state index contributed by atoms with van der Waals surface area (Å²) >= 11 is 0. The van der Waals surface area contributed by atoms with Gasteiger partial charge in [-0.15, -0.1) is 0 Å². The van der Waals surface area contributed by atoms with Crippen LogP contribution in [0.15, 0.2) is 6.07 Å². The molecule has 0 saturated carbocycles. The minimum absolute atomic E-state index is 0.0660. The third-order valence-electron chi connectivity index (χ3n) is 4.89. The third-order valence-corrected chi connectivity index (χ3v) is 4.89. The number of rotatable bonds is 4. The van der Waals surface area contributed by atoms with Gasteiger partial charge in [-0.3, -0.25) is 0 Å². The van der Waals surface area contributed by atoms with Gasteiger partial charge in [0.25, 0.3) is 0 Å². The zero-order valence-corrected chi connectivity index (χ0v) is 15.1. The van der Waals surface area contributed by atoms with E-state index in [-0.39, 0.29) is 11.2 Å². The number of aryl methyl sites for hydroxylation is 1. The second-order valence-corrected chi connectivity index (χ2v) is 8.10. The van der Waals surface area contributed by atoms with E-state index in [4.69, 9.17) is 9.72 Å². The van der Waals surface area contributed by atoms with Crippen molar-refractivity contribution in [3.8, 4) is 0 Å². The molecule has 2 aliphatic rings. The Labute approximate surface area is 139 Å². The molecule has 23 heavy (non-hydrogen) atoms. The SMILES string of the molecule is Cc1cc(CN[C@@H]2CC(C)(C)OC2(C)C)nc(N2CCCC2)n1. The van der Waals surface area contributed by atoms with Crippen molar-refractivity contribution < 1.29 is 4.74 Å². The maximum absolute atomic E-state index is 6.16. The number of nitrogens with one attached hydrogen (secondary N) is 1. The molecule has 1 aromatic heterocycles. The van der Waals surface area contributed by atoms with Gasteiger partial charge in [0.05, 0.1) is 16.9 Å². The Balaban J connectivity index is 1.68. The number of hydrogen-bond acceptors (Lipinski definition) is 5. The molecule has 5 nitrogen and oxygen atoms in total. The third kappa shape index (κ3) is 3.83. The fraction of sp³-hybridized carbons (Fsp3) is 0.778. The lowest BCUT2D eigenvalue weighted by Gasteiger charge is -2.28. The monoisotopic (exact) mass is 318 g/mol. The van der Waals surface area contributed by atoms with Crippen molar-refractivity contribution >= 4 is 5.95 Å². The molecule has 0 bridgehead atoms. The number of anilines is 1. The van der Waals surface area contributed by atoms with E-state index in [0.717, 1.165) is 43.4 Å². The van der Waals surface area contributed by atoms with E-state index < -0.39 is 0 Å². The van der Waals surface area contributed by atoms with Crippen molar-refractivity contribution in [2.24, 2.45) is 0 Å². The fourth-order valence-electron chi connectivity index (χ4n) is 3.87. The van der Waals surface area contributed by atoms with E-state index in [1.54, 1.807) is 0 Å². The molecule has 5 heteroatoms. The molecule has 3 rings (SSSR count). The van der Waals surface area contributed by atoms with Gasteiger partial charge in [0.1, 0.15) is 0 Å². The summed E-state index contributed by atoms with van der Waals surface area (Å²) in [6.07, 6.45) is 3.50. The van der Waals surface area contributed by atoms with Crippen LogP contribution < -0.4 is 10.2 Å².